The van der Waals surface area contributed by atoms with Crippen LogP contribution in [0.25, 0.3) is 0 Å². The van der Waals surface area contributed by atoms with Crippen molar-refractivity contribution < 1.29 is 4.79 Å². The second-order valence-electron chi connectivity index (χ2n) is 2.90. The van der Waals surface area contributed by atoms with Crippen molar-refractivity contribution in [1.29, 1.82) is 0 Å². The Morgan fingerprint density at radius 2 is 1.94 bits per heavy atom. The maximum Gasteiger partial charge on any atom is 0.332 e. The summed E-state index contributed by atoms with van der Waals surface area (Å²) in [6, 6.07) is 2.49. The molecule has 4 nitrogen and oxygen atoms in total. The fourth-order valence-corrected chi connectivity index (χ4v) is 1.68. The molecule has 0 fully saturated rings. The zero-order chi connectivity index (χ0) is 12.3. The molecule has 16 heavy (non-hydrogen) atoms. The molecule has 0 saturated carbocycles. The van der Waals surface area contributed by atoms with Crippen LogP contribution in [-0.2, 0) is 0 Å². The molecule has 0 aromatic heterocycles. The summed E-state index contributed by atoms with van der Waals surface area (Å²) in [4.78, 5) is 10.5. The van der Waals surface area contributed by atoms with Crippen molar-refractivity contribution in [2.24, 2.45) is 10.8 Å². The van der Waals surface area contributed by atoms with Gasteiger partial charge in [-0.25, -0.2) is 10.2 Å². The van der Waals surface area contributed by atoms with E-state index in [1.54, 1.807) is 19.1 Å². The first-order chi connectivity index (χ1) is 7.43. The largest absolute Gasteiger partial charge is 0.350 e. The Labute approximate surface area is 107 Å². The van der Waals surface area contributed by atoms with Gasteiger partial charge in [0.1, 0.15) is 0 Å². The minimum atomic E-state index is -0.754. The summed E-state index contributed by atoms with van der Waals surface area (Å²) in [5, 5.41) is 4.61. The molecule has 1 rings (SSSR count). The topological polar surface area (TPSA) is 67.5 Å². The number of carbonyl (C=O) groups is 1. The highest BCUT2D eigenvalue weighted by Crippen LogP contribution is 2.32. The van der Waals surface area contributed by atoms with Gasteiger partial charge in [-0.1, -0.05) is 40.9 Å². The number of urea groups is 1. The molecule has 0 aliphatic rings. The predicted octanol–water partition coefficient (Wildman–Crippen LogP) is 3.04. The van der Waals surface area contributed by atoms with Gasteiger partial charge in [-0.2, -0.15) is 5.10 Å². The Balaban J connectivity index is 3.10. The summed E-state index contributed by atoms with van der Waals surface area (Å²) in [6.07, 6.45) is 0. The van der Waals surface area contributed by atoms with Crippen LogP contribution >= 0.6 is 34.8 Å². The van der Waals surface area contributed by atoms with Crippen LogP contribution < -0.4 is 11.2 Å². The Morgan fingerprint density at radius 3 is 2.50 bits per heavy atom. The lowest BCUT2D eigenvalue weighted by atomic mass is 10.1. The summed E-state index contributed by atoms with van der Waals surface area (Å²) in [5.74, 6) is 0. The smallest absolute Gasteiger partial charge is 0.332 e. The normalized spacial score (nSPS) is 11.4. The van der Waals surface area contributed by atoms with E-state index < -0.39 is 6.03 Å². The van der Waals surface area contributed by atoms with E-state index in [2.05, 4.69) is 10.5 Å². The van der Waals surface area contributed by atoms with Crippen molar-refractivity contribution in [3.8, 4) is 0 Å². The lowest BCUT2D eigenvalue weighted by molar-refractivity contribution is 0.249. The lowest BCUT2D eigenvalue weighted by Gasteiger charge is -2.06. The Bertz CT molecular complexity index is 460. The highest BCUT2D eigenvalue weighted by Gasteiger charge is 2.10. The first-order valence-corrected chi connectivity index (χ1v) is 5.30. The number of nitrogens with one attached hydrogen (secondary N) is 1. The fraction of sp³-hybridized carbons (Fsp3) is 0.111. The first-order valence-electron chi connectivity index (χ1n) is 4.17. The third-order valence-electron chi connectivity index (χ3n) is 1.76. The van der Waals surface area contributed by atoms with Crippen LogP contribution in [0.2, 0.25) is 15.1 Å². The maximum atomic E-state index is 10.5. The van der Waals surface area contributed by atoms with Crippen molar-refractivity contribution in [2.45, 2.75) is 6.92 Å². The average molecular weight is 281 g/mol. The van der Waals surface area contributed by atoms with Gasteiger partial charge in [0.05, 0.1) is 20.8 Å². The van der Waals surface area contributed by atoms with Gasteiger partial charge in [-0.3, -0.25) is 0 Å². The van der Waals surface area contributed by atoms with Gasteiger partial charge in [-0.05, 0) is 13.0 Å². The Kier molecular flexibility index (Phi) is 4.41. The van der Waals surface area contributed by atoms with Gasteiger partial charge in [0.2, 0.25) is 0 Å². The summed E-state index contributed by atoms with van der Waals surface area (Å²) in [7, 11) is 0. The minimum absolute atomic E-state index is 0.245. The van der Waals surface area contributed by atoms with Crippen molar-refractivity contribution in [1.82, 2.24) is 5.43 Å². The van der Waals surface area contributed by atoms with Gasteiger partial charge in [0.25, 0.3) is 0 Å². The van der Waals surface area contributed by atoms with E-state index in [0.717, 1.165) is 0 Å². The molecule has 86 valence electrons. The third kappa shape index (κ3) is 3.01. The molecule has 0 bridgehead atoms. The summed E-state index contributed by atoms with van der Waals surface area (Å²) >= 11 is 17.6. The number of carbonyl (C=O) groups excluding carboxylic acids is 1. The zero-order valence-electron chi connectivity index (χ0n) is 8.22. The van der Waals surface area contributed by atoms with Crippen molar-refractivity contribution >= 4 is 46.5 Å². The highest BCUT2D eigenvalue weighted by atomic mass is 35.5. The Hall–Kier alpha value is -0.970. The molecule has 0 saturated heterocycles. The molecule has 1 aromatic rings. The molecule has 1 aromatic carbocycles. The van der Waals surface area contributed by atoms with E-state index in [9.17, 15) is 4.79 Å². The molecule has 7 heteroatoms. The monoisotopic (exact) mass is 279 g/mol. The second-order valence-corrected chi connectivity index (χ2v) is 4.06. The molecular formula is C9H8Cl3N3O. The summed E-state index contributed by atoms with van der Waals surface area (Å²) in [6.45, 7) is 1.65. The molecule has 3 N–H and O–H groups in total. The van der Waals surface area contributed by atoms with Crippen LogP contribution in [0.1, 0.15) is 12.5 Å². The number of amides is 2. The number of hydrogen-bond donors (Lipinski definition) is 2. The van der Waals surface area contributed by atoms with Crippen LogP contribution in [0.4, 0.5) is 4.79 Å². The van der Waals surface area contributed by atoms with Gasteiger partial charge in [0.15, 0.2) is 0 Å². The maximum absolute atomic E-state index is 10.5. The summed E-state index contributed by atoms with van der Waals surface area (Å²) < 4.78 is 0. The minimum Gasteiger partial charge on any atom is -0.350 e. The molecule has 0 radical (unpaired) electrons. The van der Waals surface area contributed by atoms with E-state index in [4.69, 9.17) is 40.5 Å². The van der Waals surface area contributed by atoms with E-state index >= 15 is 0 Å². The molecular weight excluding hydrogens is 272 g/mol. The van der Waals surface area contributed by atoms with Gasteiger partial charge in [0, 0.05) is 5.56 Å². The van der Waals surface area contributed by atoms with Crippen molar-refractivity contribution in [3.63, 3.8) is 0 Å². The third-order valence-corrected chi connectivity index (χ3v) is 3.05. The number of nitrogens with zero attached hydrogens (tertiary/aromatic N) is 1. The second kappa shape index (κ2) is 5.39. The predicted molar refractivity (Wildman–Crippen MR) is 66.4 cm³/mol. The zero-order valence-corrected chi connectivity index (χ0v) is 10.5. The molecule has 0 atom stereocenters. The lowest BCUT2D eigenvalue weighted by Crippen LogP contribution is -2.25. The SMILES string of the molecule is C/C(=N/NC(N)=O)c1ccc(Cl)c(Cl)c1Cl. The van der Waals surface area contributed by atoms with Crippen molar-refractivity contribution in [2.75, 3.05) is 0 Å². The Morgan fingerprint density at radius 1 is 1.31 bits per heavy atom. The van der Waals surface area contributed by atoms with E-state index in [0.29, 0.717) is 16.3 Å². The summed E-state index contributed by atoms with van der Waals surface area (Å²) in [5.41, 5.74) is 8.02. The van der Waals surface area contributed by atoms with E-state index in [1.807, 2.05) is 0 Å². The molecule has 0 aliphatic heterocycles. The highest BCUT2D eigenvalue weighted by molar-refractivity contribution is 6.49. The van der Waals surface area contributed by atoms with Gasteiger partial charge in [-0.15, -0.1) is 0 Å². The molecule has 0 spiro atoms. The van der Waals surface area contributed by atoms with Crippen molar-refractivity contribution in [3.05, 3.63) is 32.8 Å². The molecule has 0 aliphatic carbocycles. The molecule has 0 heterocycles. The van der Waals surface area contributed by atoms with E-state index in [-0.39, 0.29) is 10.0 Å². The molecule has 0 unspecified atom stereocenters. The van der Waals surface area contributed by atoms with Crippen LogP contribution in [0.15, 0.2) is 17.2 Å². The van der Waals surface area contributed by atoms with Crippen LogP contribution in [0.3, 0.4) is 0 Å². The number of benzene rings is 1. The van der Waals surface area contributed by atoms with E-state index in [1.165, 1.54) is 0 Å². The number of hydrazone groups is 1. The number of rotatable bonds is 2. The van der Waals surface area contributed by atoms with Gasteiger partial charge < -0.3 is 5.73 Å². The van der Waals surface area contributed by atoms with Crippen LogP contribution in [0.5, 0.6) is 0 Å². The van der Waals surface area contributed by atoms with Crippen LogP contribution in [-0.4, -0.2) is 11.7 Å². The number of primary amides is 1. The van der Waals surface area contributed by atoms with Gasteiger partial charge >= 0.3 is 6.03 Å². The average Bonchev–Trinajstić information content (AvgIpc) is 2.23. The number of hydrogen-bond acceptors (Lipinski definition) is 2. The standard InChI is InChI=1S/C9H8Cl3N3O/c1-4(14-15-9(13)16)5-2-3-6(10)8(12)7(5)11/h2-3H,1H3,(H3,13,15,16)/b14-4-. The molecule has 2 amide bonds. The van der Waals surface area contributed by atoms with Crippen LogP contribution in [0, 0.1) is 0 Å². The fourth-order valence-electron chi connectivity index (χ4n) is 1.00. The number of halogens is 3. The quantitative estimate of drug-likeness (QED) is 0.488. The first kappa shape index (κ1) is 13.1. The number of nitrogens with two attached hydrogens (primary N) is 1.